The number of nitrogens with zero attached hydrogens (tertiary/aromatic N) is 1. The predicted octanol–water partition coefficient (Wildman–Crippen LogP) is 1.62. The van der Waals surface area contributed by atoms with Gasteiger partial charge in [-0.25, -0.2) is 5.10 Å². The van der Waals surface area contributed by atoms with Gasteiger partial charge < -0.3 is 10.5 Å². The van der Waals surface area contributed by atoms with Crippen LogP contribution in [-0.2, 0) is 11.2 Å². The molecular weight excluding hydrogens is 423 g/mol. The van der Waals surface area contributed by atoms with Crippen molar-refractivity contribution in [1.29, 1.82) is 0 Å². The lowest BCUT2D eigenvalue weighted by molar-refractivity contribution is -0.610. The minimum absolute atomic E-state index is 0.0160. The van der Waals surface area contributed by atoms with Gasteiger partial charge in [0.25, 0.3) is 5.91 Å². The second-order valence-electron chi connectivity index (χ2n) is 8.80. The summed E-state index contributed by atoms with van der Waals surface area (Å²) in [7, 11) is 0. The number of ketones is 1. The zero-order valence-corrected chi connectivity index (χ0v) is 18.5. The first kappa shape index (κ1) is 20.2. The number of hydrogen-bond acceptors (Lipinski definition) is 3. The second-order valence-corrected chi connectivity index (χ2v) is 8.80. The maximum Gasteiger partial charge on any atom is 0.451 e. The van der Waals surface area contributed by atoms with Crippen molar-refractivity contribution in [1.82, 2.24) is 15.6 Å². The molecule has 0 saturated carbocycles. The van der Waals surface area contributed by atoms with Crippen LogP contribution in [0.1, 0.15) is 28.0 Å². The maximum absolute atomic E-state index is 13.2. The molecule has 6 nitrogen and oxygen atoms in total. The van der Waals surface area contributed by atoms with E-state index in [9.17, 15) is 9.59 Å². The summed E-state index contributed by atoms with van der Waals surface area (Å²) >= 11 is 0. The van der Waals surface area contributed by atoms with E-state index in [0.717, 1.165) is 22.2 Å². The van der Waals surface area contributed by atoms with E-state index in [1.165, 1.54) is 0 Å². The number of H-pyrrole nitrogens is 1. The fourth-order valence-electron chi connectivity index (χ4n) is 5.31. The number of carbonyl (C=O) groups excluding carboxylic acids is 2. The molecule has 1 aliphatic heterocycles. The Morgan fingerprint density at radius 2 is 1.41 bits per heavy atom. The van der Waals surface area contributed by atoms with E-state index < -0.39 is 6.42 Å². The highest BCUT2D eigenvalue weighted by molar-refractivity contribution is 6.94. The summed E-state index contributed by atoms with van der Waals surface area (Å²) in [6.07, 6.45) is 1.24. The SMILES string of the molecule is O=C1CCc2c[nH][n+]3c2C1=C(NC(=O)c1ccccc1)N[B-]3(c1ccccc1)c1ccccc1. The standard InChI is InChI=1S/C27H23BN4O2/c33-23-17-16-20-18-29-32-25(20)24(23)26(30-27(34)19-10-4-1-5-11-19)31-28(32,21-12-6-2-7-13-21)22-14-8-3-9-15-22/h1-15,18,29,31H,16-17H2,(H,30,34). The quantitative estimate of drug-likeness (QED) is 0.417. The third-order valence-electron chi connectivity index (χ3n) is 6.89. The van der Waals surface area contributed by atoms with Crippen LogP contribution in [-0.4, -0.2) is 23.2 Å². The molecule has 1 aliphatic carbocycles. The molecule has 3 aromatic carbocycles. The molecule has 166 valence electrons. The number of carbonyl (C=O) groups is 2. The van der Waals surface area contributed by atoms with Gasteiger partial charge in [0.1, 0.15) is 5.57 Å². The summed E-state index contributed by atoms with van der Waals surface area (Å²) in [5.74, 6) is 0.208. The third kappa shape index (κ3) is 3.01. The Balaban J connectivity index is 1.60. The van der Waals surface area contributed by atoms with Gasteiger partial charge in [-0.05, 0) is 18.6 Å². The van der Waals surface area contributed by atoms with Gasteiger partial charge in [0.05, 0.1) is 12.0 Å². The summed E-state index contributed by atoms with van der Waals surface area (Å²) in [5, 5.41) is 10.2. The molecule has 2 aliphatic rings. The zero-order chi connectivity index (χ0) is 23.1. The molecule has 6 rings (SSSR count). The first-order valence-corrected chi connectivity index (χ1v) is 11.5. The van der Waals surface area contributed by atoms with Crippen LogP contribution in [0, 0.1) is 0 Å². The van der Waals surface area contributed by atoms with Crippen molar-refractivity contribution in [2.75, 3.05) is 0 Å². The van der Waals surface area contributed by atoms with E-state index in [0.29, 0.717) is 29.8 Å². The van der Waals surface area contributed by atoms with Crippen molar-refractivity contribution in [3.8, 4) is 0 Å². The van der Waals surface area contributed by atoms with Gasteiger partial charge in [-0.2, -0.15) is 0 Å². The highest BCUT2D eigenvalue weighted by Crippen LogP contribution is 2.30. The average Bonchev–Trinajstić information content (AvgIpc) is 3.33. The minimum Gasteiger partial charge on any atom is -0.474 e. The lowest BCUT2D eigenvalue weighted by Crippen LogP contribution is -2.89. The number of amides is 1. The molecule has 0 fully saturated rings. The fraction of sp³-hybridized carbons (Fsp3) is 0.0741. The monoisotopic (exact) mass is 446 g/mol. The molecule has 0 saturated heterocycles. The predicted molar refractivity (Wildman–Crippen MR) is 132 cm³/mol. The number of nitrogens with one attached hydrogen (secondary N) is 3. The van der Waals surface area contributed by atoms with Crippen LogP contribution in [0.15, 0.2) is 103 Å². The Morgan fingerprint density at radius 3 is 2.03 bits per heavy atom. The summed E-state index contributed by atoms with van der Waals surface area (Å²) < 4.78 is 2.09. The lowest BCUT2D eigenvalue weighted by Gasteiger charge is -2.41. The number of allylic oxidation sites excluding steroid dienone is 1. The third-order valence-corrected chi connectivity index (χ3v) is 6.89. The molecule has 7 heteroatoms. The van der Waals surface area contributed by atoms with Crippen LogP contribution in [0.2, 0.25) is 0 Å². The number of rotatable bonds is 4. The highest BCUT2D eigenvalue weighted by Gasteiger charge is 2.52. The number of Topliss-reactive ketones (excluding diaryl/α,β-unsaturated/α-hetero) is 1. The van der Waals surface area contributed by atoms with Crippen LogP contribution in [0.5, 0.6) is 0 Å². The fourth-order valence-corrected chi connectivity index (χ4v) is 5.31. The van der Waals surface area contributed by atoms with Gasteiger partial charge in [-0.1, -0.05) is 78.9 Å². The van der Waals surface area contributed by atoms with Gasteiger partial charge in [0.15, 0.2) is 11.5 Å². The van der Waals surface area contributed by atoms with Crippen LogP contribution in [0.4, 0.5) is 0 Å². The molecule has 1 amide bonds. The Labute approximate surface area is 197 Å². The molecule has 0 spiro atoms. The van der Waals surface area contributed by atoms with E-state index in [1.807, 2.05) is 60.8 Å². The smallest absolute Gasteiger partial charge is 0.451 e. The van der Waals surface area contributed by atoms with Crippen LogP contribution >= 0.6 is 0 Å². The van der Waals surface area contributed by atoms with Gasteiger partial charge in [0, 0.05) is 17.5 Å². The van der Waals surface area contributed by atoms with E-state index in [1.54, 1.807) is 12.1 Å². The summed E-state index contributed by atoms with van der Waals surface area (Å²) in [4.78, 5) is 26.4. The first-order valence-electron chi connectivity index (χ1n) is 11.5. The number of aromatic amines is 1. The average molecular weight is 446 g/mol. The molecule has 2 heterocycles. The second kappa shape index (κ2) is 7.88. The van der Waals surface area contributed by atoms with Crippen molar-refractivity contribution >= 4 is 34.6 Å². The maximum atomic E-state index is 13.2. The van der Waals surface area contributed by atoms with Crippen molar-refractivity contribution in [3.63, 3.8) is 0 Å². The zero-order valence-electron chi connectivity index (χ0n) is 18.5. The van der Waals surface area contributed by atoms with Gasteiger partial charge in [-0.15, -0.1) is 10.9 Å². The summed E-state index contributed by atoms with van der Waals surface area (Å²) in [6.45, 7) is 0. The van der Waals surface area contributed by atoms with Crippen LogP contribution < -0.4 is 26.1 Å². The van der Waals surface area contributed by atoms with Crippen LogP contribution in [0.25, 0.3) is 5.57 Å². The van der Waals surface area contributed by atoms with E-state index in [2.05, 4.69) is 44.5 Å². The lowest BCUT2D eigenvalue weighted by atomic mass is 9.36. The van der Waals surface area contributed by atoms with Crippen molar-refractivity contribution in [2.24, 2.45) is 0 Å². The molecule has 0 bridgehead atoms. The number of aryl methyl sites for hydroxylation is 1. The molecular formula is C27H23BN4O2. The molecule has 0 atom stereocenters. The van der Waals surface area contributed by atoms with E-state index >= 15 is 0 Å². The Morgan fingerprint density at radius 1 is 0.824 bits per heavy atom. The van der Waals surface area contributed by atoms with Crippen molar-refractivity contribution < 1.29 is 14.2 Å². The first-order chi connectivity index (χ1) is 16.7. The van der Waals surface area contributed by atoms with Gasteiger partial charge >= 0.3 is 6.42 Å². The number of aromatic nitrogens is 2. The number of benzene rings is 3. The molecule has 3 N–H and O–H groups in total. The molecule has 0 unspecified atom stereocenters. The van der Waals surface area contributed by atoms with E-state index in [-0.39, 0.29) is 11.7 Å². The van der Waals surface area contributed by atoms with Crippen LogP contribution in [0.3, 0.4) is 0 Å². The molecule has 4 aromatic rings. The summed E-state index contributed by atoms with van der Waals surface area (Å²) in [6, 6.07) is 29.4. The molecule has 1 aromatic heterocycles. The Hall–Kier alpha value is -4.39. The highest BCUT2D eigenvalue weighted by atomic mass is 16.2. The minimum atomic E-state index is -1.81. The van der Waals surface area contributed by atoms with E-state index in [4.69, 9.17) is 0 Å². The van der Waals surface area contributed by atoms with Crippen molar-refractivity contribution in [3.05, 3.63) is 120 Å². The van der Waals surface area contributed by atoms with Gasteiger partial charge in [0.2, 0.25) is 0 Å². The summed E-state index contributed by atoms with van der Waals surface area (Å²) in [5.41, 5.74) is 5.03. The largest absolute Gasteiger partial charge is 0.474 e. The normalized spacial score (nSPS) is 15.9. The molecule has 34 heavy (non-hydrogen) atoms. The molecule has 0 radical (unpaired) electrons. The Bertz CT molecular complexity index is 1390. The number of hydrogen-bond donors (Lipinski definition) is 3. The topological polar surface area (TPSA) is 77.9 Å². The van der Waals surface area contributed by atoms with Crippen molar-refractivity contribution in [2.45, 2.75) is 12.8 Å². The Kier molecular flexibility index (Phi) is 4.69. The van der Waals surface area contributed by atoms with Gasteiger partial charge in [-0.3, -0.25) is 14.2 Å².